The van der Waals surface area contributed by atoms with Gasteiger partial charge in [0, 0.05) is 11.6 Å². The van der Waals surface area contributed by atoms with E-state index in [2.05, 4.69) is 6.58 Å². The highest BCUT2D eigenvalue weighted by atomic mass is 16.3. The van der Waals surface area contributed by atoms with Crippen molar-refractivity contribution in [1.29, 1.82) is 0 Å². The molecular formula is C26H28O5. The Morgan fingerprint density at radius 2 is 1.84 bits per heavy atom. The fourth-order valence-corrected chi connectivity index (χ4v) is 3.41. The quantitative estimate of drug-likeness (QED) is 0.436. The minimum atomic E-state index is -0.401. The lowest BCUT2D eigenvalue weighted by molar-refractivity contribution is 0.434. The highest BCUT2D eigenvalue weighted by Gasteiger charge is 2.21. The van der Waals surface area contributed by atoms with Crippen molar-refractivity contribution in [3.8, 4) is 28.4 Å². The molecule has 0 radical (unpaired) electrons. The van der Waals surface area contributed by atoms with Gasteiger partial charge in [-0.05, 0) is 62.8 Å². The van der Waals surface area contributed by atoms with Gasteiger partial charge in [0.15, 0.2) is 0 Å². The number of aromatic hydroxyl groups is 3. The van der Waals surface area contributed by atoms with Gasteiger partial charge >= 0.3 is 0 Å². The molecule has 0 saturated heterocycles. The predicted molar refractivity (Wildman–Crippen MR) is 124 cm³/mol. The molecule has 162 valence electrons. The van der Waals surface area contributed by atoms with E-state index < -0.39 is 5.43 Å². The largest absolute Gasteiger partial charge is 0.508 e. The van der Waals surface area contributed by atoms with Crippen LogP contribution in [0.3, 0.4) is 0 Å². The monoisotopic (exact) mass is 420 g/mol. The third-order valence-corrected chi connectivity index (χ3v) is 5.59. The van der Waals surface area contributed by atoms with Gasteiger partial charge in [0.05, 0.1) is 5.56 Å². The van der Waals surface area contributed by atoms with Gasteiger partial charge in [-0.2, -0.15) is 0 Å². The lowest BCUT2D eigenvalue weighted by atomic mass is 9.93. The highest BCUT2D eigenvalue weighted by molar-refractivity contribution is 5.89. The highest BCUT2D eigenvalue weighted by Crippen LogP contribution is 2.37. The summed E-state index contributed by atoms with van der Waals surface area (Å²) in [5.41, 5.74) is 3.57. The number of rotatable bonds is 6. The topological polar surface area (TPSA) is 90.9 Å². The van der Waals surface area contributed by atoms with Gasteiger partial charge in [-0.3, -0.25) is 4.79 Å². The summed E-state index contributed by atoms with van der Waals surface area (Å²) in [6, 6.07) is 6.29. The molecule has 0 fully saturated rings. The van der Waals surface area contributed by atoms with Gasteiger partial charge in [-0.25, -0.2) is 0 Å². The molecule has 0 aliphatic carbocycles. The van der Waals surface area contributed by atoms with Crippen LogP contribution in [0.5, 0.6) is 17.2 Å². The van der Waals surface area contributed by atoms with Crippen molar-refractivity contribution < 1.29 is 19.7 Å². The lowest BCUT2D eigenvalue weighted by Crippen LogP contribution is -2.08. The molecule has 1 aromatic heterocycles. The maximum atomic E-state index is 13.3. The van der Waals surface area contributed by atoms with Crippen LogP contribution in [0.1, 0.15) is 38.8 Å². The summed E-state index contributed by atoms with van der Waals surface area (Å²) in [4.78, 5) is 13.3. The van der Waals surface area contributed by atoms with Gasteiger partial charge in [0.2, 0.25) is 5.43 Å². The van der Waals surface area contributed by atoms with Gasteiger partial charge in [0.25, 0.3) is 0 Å². The molecule has 0 aliphatic rings. The molecule has 0 bridgehead atoms. The lowest BCUT2D eigenvalue weighted by Gasteiger charge is -2.15. The summed E-state index contributed by atoms with van der Waals surface area (Å²) in [6.45, 7) is 11.7. The van der Waals surface area contributed by atoms with Crippen LogP contribution in [0.25, 0.3) is 22.1 Å². The Bertz CT molecular complexity index is 1240. The Morgan fingerprint density at radius 1 is 1.13 bits per heavy atom. The first-order valence-corrected chi connectivity index (χ1v) is 10.2. The number of phenols is 3. The van der Waals surface area contributed by atoms with Gasteiger partial charge in [-0.1, -0.05) is 36.8 Å². The Labute approximate surface area is 181 Å². The molecule has 3 rings (SSSR count). The van der Waals surface area contributed by atoms with Gasteiger partial charge in [-0.15, -0.1) is 0 Å². The number of hydrogen-bond acceptors (Lipinski definition) is 5. The van der Waals surface area contributed by atoms with Crippen molar-refractivity contribution in [2.45, 2.75) is 40.5 Å². The van der Waals surface area contributed by atoms with E-state index in [1.807, 2.05) is 33.8 Å². The van der Waals surface area contributed by atoms with Crippen LogP contribution >= 0.6 is 0 Å². The number of fused-ring (bicyclic) bond motifs is 1. The standard InChI is InChI=1S/C26H28O5/c1-14(2)6-7-18-11-17(8-9-21(18)27)20-13-31-23-12-22(28)19(10-16(5)15(3)4)25(29)24(23)26(20)30/h6,8-9,11-13,16,27-29H,3,7,10H2,1-2,4-5H3/t16-/m0/s1. The molecule has 1 atom stereocenters. The van der Waals surface area contributed by atoms with Crippen molar-refractivity contribution in [1.82, 2.24) is 0 Å². The minimum Gasteiger partial charge on any atom is -0.508 e. The Balaban J connectivity index is 2.17. The maximum absolute atomic E-state index is 13.3. The second-order valence-electron chi connectivity index (χ2n) is 8.36. The summed E-state index contributed by atoms with van der Waals surface area (Å²) in [5.74, 6) is -0.237. The zero-order valence-corrected chi connectivity index (χ0v) is 18.3. The normalized spacial score (nSPS) is 12.0. The van der Waals surface area contributed by atoms with E-state index in [-0.39, 0.29) is 39.7 Å². The second-order valence-corrected chi connectivity index (χ2v) is 8.36. The first kappa shape index (κ1) is 22.2. The predicted octanol–water partition coefficient (Wildman–Crippen LogP) is 5.84. The molecule has 1 heterocycles. The van der Waals surface area contributed by atoms with Crippen LogP contribution in [0, 0.1) is 5.92 Å². The molecule has 0 spiro atoms. The third-order valence-electron chi connectivity index (χ3n) is 5.59. The van der Waals surface area contributed by atoms with Gasteiger partial charge < -0.3 is 19.7 Å². The van der Waals surface area contributed by atoms with E-state index in [1.54, 1.807) is 18.2 Å². The van der Waals surface area contributed by atoms with Crippen LogP contribution in [0.4, 0.5) is 0 Å². The summed E-state index contributed by atoms with van der Waals surface area (Å²) < 4.78 is 5.60. The zero-order valence-electron chi connectivity index (χ0n) is 18.3. The smallest absolute Gasteiger partial charge is 0.204 e. The minimum absolute atomic E-state index is 0.0132. The maximum Gasteiger partial charge on any atom is 0.204 e. The number of allylic oxidation sites excluding steroid dienone is 3. The molecule has 5 heteroatoms. The molecule has 0 aliphatic heterocycles. The molecule has 3 aromatic rings. The van der Waals surface area contributed by atoms with E-state index in [1.165, 1.54) is 12.3 Å². The molecular weight excluding hydrogens is 392 g/mol. The summed E-state index contributed by atoms with van der Waals surface area (Å²) >= 11 is 0. The van der Waals surface area contributed by atoms with Crippen molar-refractivity contribution in [2.75, 3.05) is 0 Å². The number of benzene rings is 2. The fourth-order valence-electron chi connectivity index (χ4n) is 3.41. The van der Waals surface area contributed by atoms with E-state index in [0.29, 0.717) is 29.5 Å². The summed E-state index contributed by atoms with van der Waals surface area (Å²) in [6.07, 6.45) is 4.18. The number of hydrogen-bond donors (Lipinski definition) is 3. The second kappa shape index (κ2) is 8.72. The summed E-state index contributed by atoms with van der Waals surface area (Å²) in [5, 5.41) is 31.4. The molecule has 0 amide bonds. The first-order chi connectivity index (χ1) is 14.6. The fraction of sp³-hybridized carbons (Fsp3) is 0.269. The van der Waals surface area contributed by atoms with E-state index >= 15 is 0 Å². The van der Waals surface area contributed by atoms with Crippen molar-refractivity contribution in [2.24, 2.45) is 5.92 Å². The molecule has 0 saturated carbocycles. The SMILES string of the molecule is C=C(C)[C@@H](C)Cc1c(O)cc2occ(-c3ccc(O)c(CC=C(C)C)c3)c(=O)c2c1O. The molecule has 3 N–H and O–H groups in total. The average molecular weight is 421 g/mol. The van der Waals surface area contributed by atoms with Crippen LogP contribution < -0.4 is 5.43 Å². The number of phenolic OH excluding ortho intramolecular Hbond substituents is 3. The zero-order chi connectivity index (χ0) is 22.9. The summed E-state index contributed by atoms with van der Waals surface area (Å²) in [7, 11) is 0. The molecule has 31 heavy (non-hydrogen) atoms. The van der Waals surface area contributed by atoms with E-state index in [9.17, 15) is 20.1 Å². The van der Waals surface area contributed by atoms with E-state index in [4.69, 9.17) is 4.42 Å². The first-order valence-electron chi connectivity index (χ1n) is 10.2. The van der Waals surface area contributed by atoms with Crippen LogP contribution in [0.15, 0.2) is 63.5 Å². The Morgan fingerprint density at radius 3 is 2.48 bits per heavy atom. The third kappa shape index (κ3) is 4.50. The van der Waals surface area contributed by atoms with Crippen molar-refractivity contribution in [3.63, 3.8) is 0 Å². The molecule has 5 nitrogen and oxygen atoms in total. The van der Waals surface area contributed by atoms with Crippen LogP contribution in [0.2, 0.25) is 0 Å². The molecule has 2 aromatic carbocycles. The van der Waals surface area contributed by atoms with Crippen LogP contribution in [-0.2, 0) is 12.8 Å². The van der Waals surface area contributed by atoms with E-state index in [0.717, 1.165) is 11.1 Å². The van der Waals surface area contributed by atoms with Crippen molar-refractivity contribution >= 4 is 11.0 Å². The van der Waals surface area contributed by atoms with Crippen molar-refractivity contribution in [3.05, 3.63) is 75.7 Å². The Hall–Kier alpha value is -3.47. The average Bonchev–Trinajstić information content (AvgIpc) is 2.70. The Kier molecular flexibility index (Phi) is 6.25. The molecule has 0 unspecified atom stereocenters. The van der Waals surface area contributed by atoms with Gasteiger partial charge in [0.1, 0.15) is 34.5 Å². The van der Waals surface area contributed by atoms with Crippen LogP contribution in [-0.4, -0.2) is 15.3 Å².